The molecule has 11 heteroatoms. The summed E-state index contributed by atoms with van der Waals surface area (Å²) in [5, 5.41) is 18.8. The monoisotopic (exact) mass is 431 g/mol. The minimum atomic E-state index is -1.82. The number of carboxylic acids is 2. The van der Waals surface area contributed by atoms with E-state index in [4.69, 9.17) is 38.2 Å². The van der Waals surface area contributed by atoms with E-state index in [0.29, 0.717) is 17.5 Å². The number of carbonyl (C=O) groups is 2. The minimum Gasteiger partial charge on any atom is -0.497 e. The van der Waals surface area contributed by atoms with Crippen LogP contribution in [-0.4, -0.2) is 64.5 Å². The van der Waals surface area contributed by atoms with Crippen molar-refractivity contribution < 1.29 is 38.2 Å². The predicted molar refractivity (Wildman–Crippen MR) is 105 cm³/mol. The highest BCUT2D eigenvalue weighted by molar-refractivity contribution is 6.27. The van der Waals surface area contributed by atoms with E-state index in [1.807, 2.05) is 24.3 Å². The molecule has 1 aliphatic rings. The summed E-state index contributed by atoms with van der Waals surface area (Å²) >= 11 is 0. The highest BCUT2D eigenvalue weighted by Crippen LogP contribution is 2.30. The molecule has 2 N–H and O–H groups in total. The molecule has 0 amide bonds. The van der Waals surface area contributed by atoms with E-state index in [0.717, 1.165) is 36.7 Å². The van der Waals surface area contributed by atoms with Crippen LogP contribution < -0.4 is 9.47 Å². The first kappa shape index (κ1) is 21.8. The van der Waals surface area contributed by atoms with Gasteiger partial charge in [-0.1, -0.05) is 5.16 Å². The quantitative estimate of drug-likeness (QED) is 0.553. The first-order valence-corrected chi connectivity index (χ1v) is 9.17. The zero-order chi connectivity index (χ0) is 22.4. The molecule has 0 atom stereocenters. The average Bonchev–Trinajstić information content (AvgIpc) is 3.42. The van der Waals surface area contributed by atoms with E-state index in [1.54, 1.807) is 26.5 Å². The molecule has 3 aromatic rings. The zero-order valence-corrected chi connectivity index (χ0v) is 16.8. The number of aromatic nitrogens is 2. The average molecular weight is 431 g/mol. The van der Waals surface area contributed by atoms with Crippen molar-refractivity contribution in [2.45, 2.75) is 12.5 Å². The Bertz CT molecular complexity index is 991. The smallest absolute Gasteiger partial charge is 0.414 e. The maximum atomic E-state index is 9.10. The van der Waals surface area contributed by atoms with Gasteiger partial charge in [-0.2, -0.15) is 4.98 Å². The summed E-state index contributed by atoms with van der Waals surface area (Å²) in [4.78, 5) is 24.9. The van der Waals surface area contributed by atoms with Gasteiger partial charge in [-0.15, -0.1) is 0 Å². The van der Waals surface area contributed by atoms with Crippen LogP contribution in [0.4, 0.5) is 0 Å². The molecular weight excluding hydrogens is 410 g/mol. The number of aliphatic carboxylic acids is 2. The second-order valence-electron chi connectivity index (χ2n) is 6.66. The number of hydrogen-bond acceptors (Lipinski definition) is 9. The number of furan rings is 1. The van der Waals surface area contributed by atoms with Crippen LogP contribution in [0, 0.1) is 0 Å². The first-order valence-electron chi connectivity index (χ1n) is 9.17. The second-order valence-corrected chi connectivity index (χ2v) is 6.66. The molecule has 11 nitrogen and oxygen atoms in total. The van der Waals surface area contributed by atoms with Gasteiger partial charge in [0.05, 0.1) is 26.4 Å². The van der Waals surface area contributed by atoms with Crippen molar-refractivity contribution in [3.05, 3.63) is 48.0 Å². The van der Waals surface area contributed by atoms with Crippen molar-refractivity contribution in [1.82, 2.24) is 15.0 Å². The Morgan fingerprint density at radius 3 is 2.29 bits per heavy atom. The van der Waals surface area contributed by atoms with Crippen LogP contribution in [-0.2, 0) is 16.1 Å². The third kappa shape index (κ3) is 5.60. The minimum absolute atomic E-state index is 0.253. The van der Waals surface area contributed by atoms with Crippen LogP contribution in [0.25, 0.3) is 11.6 Å². The zero-order valence-electron chi connectivity index (χ0n) is 16.8. The van der Waals surface area contributed by atoms with Crippen molar-refractivity contribution in [1.29, 1.82) is 0 Å². The van der Waals surface area contributed by atoms with Gasteiger partial charge in [0.2, 0.25) is 11.7 Å². The molecule has 0 saturated carbocycles. The van der Waals surface area contributed by atoms with E-state index in [2.05, 4.69) is 15.0 Å². The standard InChI is InChI=1S/C18H19N3O4.C2H2O4/c1-22-14-6-12(7-15(8-14)23-2)9-21-10-13(11-21)18-19-17(20-25-18)16-4-3-5-24-16;3-1(4)2(5)6/h3-8,13H,9-11H2,1-2H3;(H,3,4)(H,5,6). The first-order chi connectivity index (χ1) is 14.9. The second kappa shape index (κ2) is 9.76. The molecule has 0 unspecified atom stereocenters. The van der Waals surface area contributed by atoms with Gasteiger partial charge in [0.15, 0.2) is 5.76 Å². The van der Waals surface area contributed by atoms with E-state index in [9.17, 15) is 0 Å². The molecular formula is C20H21N3O8. The van der Waals surface area contributed by atoms with Crippen LogP contribution in [0.2, 0.25) is 0 Å². The number of benzene rings is 1. The van der Waals surface area contributed by atoms with Gasteiger partial charge in [0, 0.05) is 25.7 Å². The number of methoxy groups -OCH3 is 2. The van der Waals surface area contributed by atoms with E-state index < -0.39 is 11.9 Å². The van der Waals surface area contributed by atoms with Crippen molar-refractivity contribution in [3.63, 3.8) is 0 Å². The molecule has 4 rings (SSSR count). The Hall–Kier alpha value is -3.86. The summed E-state index contributed by atoms with van der Waals surface area (Å²) in [6.07, 6.45) is 1.60. The van der Waals surface area contributed by atoms with Crippen LogP contribution in [0.1, 0.15) is 17.4 Å². The predicted octanol–water partition coefficient (Wildman–Crippen LogP) is 2.10. The van der Waals surface area contributed by atoms with E-state index in [-0.39, 0.29) is 5.92 Å². The molecule has 1 aliphatic heterocycles. The fraction of sp³-hybridized carbons (Fsp3) is 0.300. The van der Waals surface area contributed by atoms with Gasteiger partial charge < -0.3 is 28.6 Å². The van der Waals surface area contributed by atoms with Crippen LogP contribution in [0.5, 0.6) is 11.5 Å². The Morgan fingerprint density at radius 2 is 1.77 bits per heavy atom. The van der Waals surface area contributed by atoms with Crippen molar-refractivity contribution >= 4 is 11.9 Å². The van der Waals surface area contributed by atoms with Gasteiger partial charge >= 0.3 is 11.9 Å². The van der Waals surface area contributed by atoms with Crippen molar-refractivity contribution in [3.8, 4) is 23.1 Å². The van der Waals surface area contributed by atoms with Crippen LogP contribution >= 0.6 is 0 Å². The number of carboxylic acid groups (broad SMARTS) is 2. The van der Waals surface area contributed by atoms with Crippen LogP contribution in [0.3, 0.4) is 0 Å². The summed E-state index contributed by atoms with van der Waals surface area (Å²) in [5.74, 6) is -0.0249. The third-order valence-corrected chi connectivity index (χ3v) is 4.49. The normalized spacial score (nSPS) is 13.6. The molecule has 0 aliphatic carbocycles. The van der Waals surface area contributed by atoms with Gasteiger partial charge in [-0.3, -0.25) is 4.90 Å². The summed E-state index contributed by atoms with van der Waals surface area (Å²) in [6, 6.07) is 9.54. The fourth-order valence-corrected chi connectivity index (χ4v) is 2.98. The Kier molecular flexibility index (Phi) is 6.88. The molecule has 164 valence electrons. The van der Waals surface area contributed by atoms with Crippen molar-refractivity contribution in [2.24, 2.45) is 0 Å². The topological polar surface area (TPSA) is 148 Å². The number of nitrogens with zero attached hydrogens (tertiary/aromatic N) is 3. The number of ether oxygens (including phenoxy) is 2. The lowest BCUT2D eigenvalue weighted by atomic mass is 9.99. The lowest BCUT2D eigenvalue weighted by molar-refractivity contribution is -0.159. The summed E-state index contributed by atoms with van der Waals surface area (Å²) in [6.45, 7) is 2.57. The van der Waals surface area contributed by atoms with Crippen molar-refractivity contribution in [2.75, 3.05) is 27.3 Å². The fourth-order valence-electron chi connectivity index (χ4n) is 2.98. The number of likely N-dealkylation sites (tertiary alicyclic amines) is 1. The highest BCUT2D eigenvalue weighted by Gasteiger charge is 2.33. The maximum absolute atomic E-state index is 9.10. The molecule has 0 bridgehead atoms. The summed E-state index contributed by atoms with van der Waals surface area (Å²) in [7, 11) is 3.31. The van der Waals surface area contributed by atoms with Gasteiger partial charge in [-0.05, 0) is 29.8 Å². The lowest BCUT2D eigenvalue weighted by Crippen LogP contribution is -2.44. The molecule has 1 aromatic carbocycles. The maximum Gasteiger partial charge on any atom is 0.414 e. The Labute approximate surface area is 176 Å². The molecule has 0 radical (unpaired) electrons. The highest BCUT2D eigenvalue weighted by atomic mass is 16.5. The molecule has 1 fully saturated rings. The van der Waals surface area contributed by atoms with Crippen LogP contribution in [0.15, 0.2) is 45.5 Å². The van der Waals surface area contributed by atoms with E-state index in [1.165, 1.54) is 0 Å². The largest absolute Gasteiger partial charge is 0.497 e. The molecule has 3 heterocycles. The van der Waals surface area contributed by atoms with Gasteiger partial charge in [0.1, 0.15) is 11.5 Å². The van der Waals surface area contributed by atoms with Gasteiger partial charge in [0.25, 0.3) is 0 Å². The molecule has 31 heavy (non-hydrogen) atoms. The summed E-state index contributed by atoms with van der Waals surface area (Å²) in [5.41, 5.74) is 1.15. The molecule has 1 saturated heterocycles. The lowest BCUT2D eigenvalue weighted by Gasteiger charge is -2.37. The Balaban J connectivity index is 0.000000401. The third-order valence-electron chi connectivity index (χ3n) is 4.49. The SMILES string of the molecule is COc1cc(CN2CC(c3nc(-c4ccco4)no3)C2)cc(OC)c1.O=C(O)C(=O)O. The Morgan fingerprint density at radius 1 is 1.13 bits per heavy atom. The molecule has 0 spiro atoms. The number of hydrogen-bond donors (Lipinski definition) is 2. The van der Waals surface area contributed by atoms with Gasteiger partial charge in [-0.25, -0.2) is 9.59 Å². The molecule has 2 aromatic heterocycles. The van der Waals surface area contributed by atoms with E-state index >= 15 is 0 Å². The number of rotatable bonds is 6. The summed E-state index contributed by atoms with van der Waals surface area (Å²) < 4.78 is 21.3.